The van der Waals surface area contributed by atoms with Crippen LogP contribution in [-0.2, 0) is 4.74 Å². The van der Waals surface area contributed by atoms with Gasteiger partial charge in [-0.15, -0.1) is 0 Å². The summed E-state index contributed by atoms with van der Waals surface area (Å²) in [4.78, 5) is 4.15. The van der Waals surface area contributed by atoms with Gasteiger partial charge in [0.15, 0.2) is 0 Å². The van der Waals surface area contributed by atoms with Crippen LogP contribution in [0.2, 0.25) is 0 Å². The van der Waals surface area contributed by atoms with E-state index in [2.05, 4.69) is 4.98 Å². The van der Waals surface area contributed by atoms with Gasteiger partial charge in [-0.25, -0.2) is 4.39 Å². The van der Waals surface area contributed by atoms with Crippen molar-refractivity contribution in [1.82, 2.24) is 4.98 Å². The third kappa shape index (κ3) is 3.05. The normalized spacial score (nSPS) is 10.3. The zero-order valence-electron chi connectivity index (χ0n) is 10.1. The Morgan fingerprint density at radius 1 is 1.17 bits per heavy atom. The van der Waals surface area contributed by atoms with E-state index in [1.165, 1.54) is 18.3 Å². The molecule has 0 atom stereocenters. The van der Waals surface area contributed by atoms with E-state index in [-0.39, 0.29) is 5.82 Å². The van der Waals surface area contributed by atoms with Crippen LogP contribution in [0.5, 0.6) is 5.75 Å². The molecule has 2 rings (SSSR count). The molecule has 0 saturated carbocycles. The van der Waals surface area contributed by atoms with Crippen molar-refractivity contribution in [3.8, 4) is 17.0 Å². The maximum atomic E-state index is 13.2. The Balaban J connectivity index is 2.27. The van der Waals surface area contributed by atoms with Gasteiger partial charge < -0.3 is 9.47 Å². The lowest BCUT2D eigenvalue weighted by molar-refractivity contribution is 0.146. The number of hydrogen-bond acceptors (Lipinski definition) is 3. The van der Waals surface area contributed by atoms with Crippen LogP contribution in [0.4, 0.5) is 4.39 Å². The van der Waals surface area contributed by atoms with Gasteiger partial charge in [-0.2, -0.15) is 0 Å². The summed E-state index contributed by atoms with van der Waals surface area (Å²) in [6, 6.07) is 10.1. The summed E-state index contributed by atoms with van der Waals surface area (Å²) >= 11 is 0. The van der Waals surface area contributed by atoms with Crippen LogP contribution in [0.1, 0.15) is 0 Å². The molecular formula is C14H14FNO2. The molecule has 0 spiro atoms. The Bertz CT molecular complexity index is 517. The van der Waals surface area contributed by atoms with Crippen LogP contribution in [0.15, 0.2) is 42.6 Å². The first kappa shape index (κ1) is 12.5. The van der Waals surface area contributed by atoms with Gasteiger partial charge in [-0.3, -0.25) is 4.98 Å². The smallest absolute Gasteiger partial charge is 0.128 e. The number of hydrogen-bond donors (Lipinski definition) is 0. The molecule has 0 aliphatic carbocycles. The lowest BCUT2D eigenvalue weighted by Crippen LogP contribution is -2.05. The summed E-state index contributed by atoms with van der Waals surface area (Å²) in [7, 11) is 1.61. The fourth-order valence-electron chi connectivity index (χ4n) is 1.59. The number of methoxy groups -OCH3 is 1. The van der Waals surface area contributed by atoms with E-state index in [1.807, 2.05) is 24.3 Å². The lowest BCUT2D eigenvalue weighted by Gasteiger charge is -2.10. The number of nitrogens with zero attached hydrogens (tertiary/aromatic N) is 1. The molecule has 1 aromatic heterocycles. The third-order valence-electron chi connectivity index (χ3n) is 2.43. The predicted octanol–water partition coefficient (Wildman–Crippen LogP) is 2.91. The predicted molar refractivity (Wildman–Crippen MR) is 67.0 cm³/mol. The number of ether oxygens (including phenoxy) is 2. The maximum Gasteiger partial charge on any atom is 0.128 e. The van der Waals surface area contributed by atoms with Crippen molar-refractivity contribution in [3.05, 3.63) is 48.4 Å². The van der Waals surface area contributed by atoms with Crippen LogP contribution in [0.25, 0.3) is 11.3 Å². The molecule has 1 heterocycles. The standard InChI is InChI=1S/C14H14FNO2/c1-17-8-9-18-14-5-3-2-4-12(14)13-10-11(15)6-7-16-13/h2-7,10H,8-9H2,1H3. The van der Waals surface area contributed by atoms with E-state index in [0.717, 1.165) is 5.56 Å². The van der Waals surface area contributed by atoms with Gasteiger partial charge in [0.05, 0.1) is 12.3 Å². The Labute approximate surface area is 105 Å². The number of pyridine rings is 1. The highest BCUT2D eigenvalue weighted by molar-refractivity contribution is 5.66. The molecule has 94 valence electrons. The number of rotatable bonds is 5. The minimum absolute atomic E-state index is 0.313. The number of benzene rings is 1. The van der Waals surface area contributed by atoms with Crippen LogP contribution in [-0.4, -0.2) is 25.3 Å². The molecule has 4 heteroatoms. The highest BCUT2D eigenvalue weighted by atomic mass is 19.1. The minimum atomic E-state index is -0.313. The zero-order chi connectivity index (χ0) is 12.8. The van der Waals surface area contributed by atoms with Crippen molar-refractivity contribution >= 4 is 0 Å². The van der Waals surface area contributed by atoms with E-state index in [0.29, 0.717) is 24.7 Å². The van der Waals surface area contributed by atoms with Gasteiger partial charge in [0, 0.05) is 24.9 Å². The molecule has 0 aliphatic rings. The van der Waals surface area contributed by atoms with Crippen LogP contribution >= 0.6 is 0 Å². The van der Waals surface area contributed by atoms with Crippen molar-refractivity contribution in [2.75, 3.05) is 20.3 Å². The molecule has 1 aromatic carbocycles. The van der Waals surface area contributed by atoms with Crippen molar-refractivity contribution in [1.29, 1.82) is 0 Å². The van der Waals surface area contributed by atoms with Crippen molar-refractivity contribution in [2.45, 2.75) is 0 Å². The third-order valence-corrected chi connectivity index (χ3v) is 2.43. The van der Waals surface area contributed by atoms with E-state index in [1.54, 1.807) is 7.11 Å². The molecule has 3 nitrogen and oxygen atoms in total. The van der Waals surface area contributed by atoms with E-state index < -0.39 is 0 Å². The Kier molecular flexibility index (Phi) is 4.25. The number of halogens is 1. The van der Waals surface area contributed by atoms with Crippen LogP contribution < -0.4 is 4.74 Å². The van der Waals surface area contributed by atoms with E-state index in [4.69, 9.17) is 9.47 Å². The zero-order valence-corrected chi connectivity index (χ0v) is 10.1. The van der Waals surface area contributed by atoms with Gasteiger partial charge in [-0.05, 0) is 18.2 Å². The van der Waals surface area contributed by atoms with Gasteiger partial charge in [0.1, 0.15) is 18.2 Å². The molecule has 0 unspecified atom stereocenters. The summed E-state index contributed by atoms with van der Waals surface area (Å²) < 4.78 is 23.7. The molecule has 0 N–H and O–H groups in total. The van der Waals surface area contributed by atoms with Gasteiger partial charge in [-0.1, -0.05) is 12.1 Å². The molecular weight excluding hydrogens is 233 g/mol. The highest BCUT2D eigenvalue weighted by Crippen LogP contribution is 2.28. The van der Waals surface area contributed by atoms with Gasteiger partial charge >= 0.3 is 0 Å². The fourth-order valence-corrected chi connectivity index (χ4v) is 1.59. The second-order valence-electron chi connectivity index (χ2n) is 3.70. The maximum absolute atomic E-state index is 13.2. The highest BCUT2D eigenvalue weighted by Gasteiger charge is 2.07. The van der Waals surface area contributed by atoms with Gasteiger partial charge in [0.2, 0.25) is 0 Å². The quantitative estimate of drug-likeness (QED) is 0.761. The topological polar surface area (TPSA) is 31.4 Å². The molecule has 0 aliphatic heterocycles. The van der Waals surface area contributed by atoms with Crippen LogP contribution in [0, 0.1) is 5.82 Å². The summed E-state index contributed by atoms with van der Waals surface area (Å²) in [6.45, 7) is 0.952. The van der Waals surface area contributed by atoms with Crippen molar-refractivity contribution < 1.29 is 13.9 Å². The van der Waals surface area contributed by atoms with Crippen molar-refractivity contribution in [3.63, 3.8) is 0 Å². The number of para-hydroxylation sites is 1. The fraction of sp³-hybridized carbons (Fsp3) is 0.214. The summed E-state index contributed by atoms with van der Waals surface area (Å²) in [6.07, 6.45) is 1.44. The first-order chi connectivity index (χ1) is 8.81. The monoisotopic (exact) mass is 247 g/mol. The molecule has 0 fully saturated rings. The first-order valence-corrected chi connectivity index (χ1v) is 5.64. The van der Waals surface area contributed by atoms with E-state index >= 15 is 0 Å². The molecule has 0 amide bonds. The van der Waals surface area contributed by atoms with Crippen LogP contribution in [0.3, 0.4) is 0 Å². The van der Waals surface area contributed by atoms with E-state index in [9.17, 15) is 4.39 Å². The second-order valence-corrected chi connectivity index (χ2v) is 3.70. The SMILES string of the molecule is COCCOc1ccccc1-c1cc(F)ccn1. The Morgan fingerprint density at radius 3 is 2.78 bits per heavy atom. The minimum Gasteiger partial charge on any atom is -0.490 e. The molecule has 0 saturated heterocycles. The Morgan fingerprint density at radius 2 is 2.00 bits per heavy atom. The molecule has 2 aromatic rings. The summed E-state index contributed by atoms with van der Waals surface area (Å²) in [5.41, 5.74) is 1.33. The van der Waals surface area contributed by atoms with Crippen molar-refractivity contribution in [2.24, 2.45) is 0 Å². The average molecular weight is 247 g/mol. The van der Waals surface area contributed by atoms with Gasteiger partial charge in [0.25, 0.3) is 0 Å². The number of aromatic nitrogens is 1. The lowest BCUT2D eigenvalue weighted by atomic mass is 10.1. The molecule has 0 radical (unpaired) electrons. The second kappa shape index (κ2) is 6.12. The Hall–Kier alpha value is -1.94. The molecule has 0 bridgehead atoms. The summed E-state index contributed by atoms with van der Waals surface area (Å²) in [5.74, 6) is 0.361. The molecule has 18 heavy (non-hydrogen) atoms. The largest absolute Gasteiger partial charge is 0.490 e. The average Bonchev–Trinajstić information content (AvgIpc) is 2.40. The first-order valence-electron chi connectivity index (χ1n) is 5.64. The summed E-state index contributed by atoms with van der Waals surface area (Å²) in [5, 5.41) is 0.